The molecule has 0 aliphatic heterocycles. The van der Waals surface area contributed by atoms with E-state index in [0.29, 0.717) is 19.3 Å². The van der Waals surface area contributed by atoms with E-state index in [1.807, 2.05) is 0 Å². The highest BCUT2D eigenvalue weighted by Crippen LogP contribution is 2.67. The Morgan fingerprint density at radius 1 is 0.676 bits per heavy atom. The largest absolute Gasteiger partial charge is 0.376 e. The summed E-state index contributed by atoms with van der Waals surface area (Å²) < 4.78 is 12.0. The summed E-state index contributed by atoms with van der Waals surface area (Å²) in [5, 5.41) is 6.27. The molecular weight excluding hydrogens is 428 g/mol. The van der Waals surface area contributed by atoms with Crippen LogP contribution in [0.3, 0.4) is 0 Å². The van der Waals surface area contributed by atoms with Gasteiger partial charge in [0.25, 0.3) is 0 Å². The van der Waals surface area contributed by atoms with Crippen LogP contribution in [0.1, 0.15) is 122 Å². The second-order valence-corrected chi connectivity index (χ2v) is 11.7. The maximum Gasteiger partial charge on any atom is 0.246 e. The van der Waals surface area contributed by atoms with Crippen molar-refractivity contribution < 1.29 is 19.1 Å². The van der Waals surface area contributed by atoms with Gasteiger partial charge in [-0.3, -0.25) is 9.59 Å². The van der Waals surface area contributed by atoms with Crippen molar-refractivity contribution in [3.05, 3.63) is 0 Å². The number of ether oxygens (including phenoxy) is 2. The zero-order valence-electron chi connectivity index (χ0n) is 21.3. The van der Waals surface area contributed by atoms with Crippen LogP contribution in [0.25, 0.3) is 0 Å². The molecule has 0 aromatic heterocycles. The van der Waals surface area contributed by atoms with E-state index in [9.17, 15) is 9.59 Å². The highest BCUT2D eigenvalue weighted by Gasteiger charge is 2.72. The fraction of sp³-hybridized carbons (Fsp3) is 0.929. The molecule has 5 aliphatic carbocycles. The lowest BCUT2D eigenvalue weighted by atomic mass is 9.39. The molecule has 0 spiro atoms. The van der Waals surface area contributed by atoms with Gasteiger partial charge in [-0.1, -0.05) is 77.0 Å². The predicted octanol–water partition coefficient (Wildman–Crippen LogP) is 5.18. The van der Waals surface area contributed by atoms with Crippen LogP contribution in [0.15, 0.2) is 0 Å². The molecule has 0 unspecified atom stereocenters. The first kappa shape index (κ1) is 25.9. The van der Waals surface area contributed by atoms with Crippen molar-refractivity contribution in [3.8, 4) is 0 Å². The molecule has 0 saturated heterocycles. The summed E-state index contributed by atoms with van der Waals surface area (Å²) in [7, 11) is 0. The van der Waals surface area contributed by atoms with Crippen LogP contribution in [0.4, 0.5) is 0 Å². The average molecular weight is 477 g/mol. The number of rotatable bonds is 9. The number of carbonyl (C=O) groups excluding carboxylic acids is 2. The molecule has 0 aromatic rings. The number of carbonyl (C=O) groups is 2. The number of nitrogens with one attached hydrogen (secondary N) is 2. The van der Waals surface area contributed by atoms with Gasteiger partial charge < -0.3 is 20.1 Å². The van der Waals surface area contributed by atoms with Gasteiger partial charge in [0.2, 0.25) is 11.8 Å². The summed E-state index contributed by atoms with van der Waals surface area (Å²) in [6.07, 6.45) is 23.0. The Hall–Kier alpha value is -1.14. The average Bonchev–Trinajstić information content (AvgIpc) is 2.76. The highest BCUT2D eigenvalue weighted by molar-refractivity contribution is 5.88. The van der Waals surface area contributed by atoms with E-state index in [0.717, 1.165) is 44.9 Å². The fourth-order valence-corrected chi connectivity index (χ4v) is 6.79. The molecule has 5 fully saturated rings. The topological polar surface area (TPSA) is 76.7 Å². The molecule has 0 radical (unpaired) electrons. The summed E-state index contributed by atoms with van der Waals surface area (Å²) in [5.74, 6) is 0.124. The van der Waals surface area contributed by atoms with Gasteiger partial charge in [-0.15, -0.1) is 0 Å². The van der Waals surface area contributed by atoms with E-state index >= 15 is 0 Å². The monoisotopic (exact) mass is 476 g/mol. The molecule has 2 N–H and O–H groups in total. The van der Waals surface area contributed by atoms with E-state index < -0.39 is 0 Å². The van der Waals surface area contributed by atoms with E-state index in [-0.39, 0.29) is 35.5 Å². The number of hydrogen-bond donors (Lipinski definition) is 2. The normalized spacial score (nSPS) is 31.3. The maximum absolute atomic E-state index is 12.7. The molecule has 2 amide bonds. The Morgan fingerprint density at radius 3 is 1.68 bits per heavy atom. The minimum atomic E-state index is -0.260. The Kier molecular flexibility index (Phi) is 9.70. The zero-order chi connectivity index (χ0) is 23.7. The van der Waals surface area contributed by atoms with E-state index in [2.05, 4.69) is 10.6 Å². The van der Waals surface area contributed by atoms with Crippen molar-refractivity contribution in [3.63, 3.8) is 0 Å². The van der Waals surface area contributed by atoms with Crippen LogP contribution in [0.5, 0.6) is 0 Å². The Balaban J connectivity index is 1.07. The summed E-state index contributed by atoms with van der Waals surface area (Å²) in [6, 6.07) is 0. The molecule has 0 atom stereocenters. The Labute approximate surface area is 206 Å². The zero-order valence-corrected chi connectivity index (χ0v) is 21.3. The first-order chi connectivity index (χ1) is 16.6. The van der Waals surface area contributed by atoms with E-state index in [1.54, 1.807) is 0 Å². The second kappa shape index (κ2) is 12.7. The summed E-state index contributed by atoms with van der Waals surface area (Å²) in [6.45, 7) is 1.35. The molecule has 2 bridgehead atoms. The van der Waals surface area contributed by atoms with Gasteiger partial charge in [0.05, 0.1) is 24.2 Å². The molecule has 0 heterocycles. The minimum Gasteiger partial charge on any atom is -0.376 e. The van der Waals surface area contributed by atoms with Crippen molar-refractivity contribution >= 4 is 11.8 Å². The number of hydrogen-bond acceptors (Lipinski definition) is 4. The lowest BCUT2D eigenvalue weighted by molar-refractivity contribution is -0.184. The van der Waals surface area contributed by atoms with Crippen molar-refractivity contribution in [2.24, 2.45) is 5.41 Å². The third-order valence-electron chi connectivity index (χ3n) is 8.71. The first-order valence-electron chi connectivity index (χ1n) is 14.4. The van der Waals surface area contributed by atoms with Crippen LogP contribution in [-0.2, 0) is 19.1 Å². The summed E-state index contributed by atoms with van der Waals surface area (Å²) in [5.41, 5.74) is -0.421. The minimum absolute atomic E-state index is 0.0186. The van der Waals surface area contributed by atoms with Gasteiger partial charge >= 0.3 is 0 Å². The van der Waals surface area contributed by atoms with Gasteiger partial charge in [0, 0.05) is 12.1 Å². The second-order valence-electron chi connectivity index (χ2n) is 11.7. The standard InChI is InChI=1S/C28H48N2O4/c31-25(19-34-24-15-11-7-4-8-12-16-24)30-28-20-27(21-28,22-28)26(32)29-17-18-33-23-13-9-5-2-1-3-6-10-14-23/h23-24H,1-22H2,(H,29,32)(H,30,31). The van der Waals surface area contributed by atoms with Gasteiger partial charge in [-0.2, -0.15) is 0 Å². The van der Waals surface area contributed by atoms with Crippen LogP contribution in [-0.4, -0.2) is 49.3 Å². The lowest BCUT2D eigenvalue weighted by Gasteiger charge is -2.69. The smallest absolute Gasteiger partial charge is 0.246 e. The summed E-state index contributed by atoms with van der Waals surface area (Å²) >= 11 is 0. The molecule has 5 saturated carbocycles. The maximum atomic E-state index is 12.7. The SMILES string of the molecule is O=C(COC1CCCCCCC1)NC12CC(C(=O)NCCOC3CCCCCCCCC3)(C1)C2. The van der Waals surface area contributed by atoms with Crippen molar-refractivity contribution in [1.82, 2.24) is 10.6 Å². The van der Waals surface area contributed by atoms with E-state index in [1.165, 1.54) is 77.0 Å². The van der Waals surface area contributed by atoms with Crippen molar-refractivity contribution in [1.29, 1.82) is 0 Å². The Morgan fingerprint density at radius 2 is 1.15 bits per heavy atom. The van der Waals surface area contributed by atoms with Gasteiger partial charge in [0.1, 0.15) is 6.61 Å². The Bertz CT molecular complexity index is 629. The highest BCUT2D eigenvalue weighted by atomic mass is 16.5. The van der Waals surface area contributed by atoms with E-state index in [4.69, 9.17) is 9.47 Å². The van der Waals surface area contributed by atoms with Crippen molar-refractivity contribution in [2.75, 3.05) is 19.8 Å². The molecule has 0 aromatic carbocycles. The first-order valence-corrected chi connectivity index (χ1v) is 14.4. The third-order valence-corrected chi connectivity index (χ3v) is 8.71. The molecule has 194 valence electrons. The molecule has 6 heteroatoms. The van der Waals surface area contributed by atoms with Gasteiger partial charge in [-0.05, 0) is 44.9 Å². The lowest BCUT2D eigenvalue weighted by Crippen LogP contribution is -2.78. The predicted molar refractivity (Wildman–Crippen MR) is 134 cm³/mol. The van der Waals surface area contributed by atoms with Crippen molar-refractivity contribution in [2.45, 2.75) is 140 Å². The van der Waals surface area contributed by atoms with Crippen LogP contribution in [0, 0.1) is 5.41 Å². The molecular formula is C28H48N2O4. The van der Waals surface area contributed by atoms with Gasteiger partial charge in [0.15, 0.2) is 0 Å². The summed E-state index contributed by atoms with van der Waals surface area (Å²) in [4.78, 5) is 25.2. The van der Waals surface area contributed by atoms with Crippen LogP contribution < -0.4 is 10.6 Å². The molecule has 34 heavy (non-hydrogen) atoms. The van der Waals surface area contributed by atoms with Crippen LogP contribution >= 0.6 is 0 Å². The third kappa shape index (κ3) is 7.19. The molecule has 5 aliphatic rings. The van der Waals surface area contributed by atoms with Gasteiger partial charge in [-0.25, -0.2) is 0 Å². The van der Waals surface area contributed by atoms with Crippen LogP contribution in [0.2, 0.25) is 0 Å². The molecule has 6 nitrogen and oxygen atoms in total. The molecule has 5 rings (SSSR count). The fourth-order valence-electron chi connectivity index (χ4n) is 6.79. The number of amides is 2. The quantitative estimate of drug-likeness (QED) is 0.450.